The van der Waals surface area contributed by atoms with E-state index < -0.39 is 10.0 Å². The first-order chi connectivity index (χ1) is 9.79. The minimum absolute atomic E-state index is 0.0580. The van der Waals surface area contributed by atoms with E-state index in [1.165, 1.54) is 23.0 Å². The van der Waals surface area contributed by atoms with Crippen molar-refractivity contribution in [2.24, 2.45) is 12.2 Å². The third-order valence-electron chi connectivity index (χ3n) is 2.81. The lowest BCUT2D eigenvalue weighted by molar-refractivity contribution is 0.598. The summed E-state index contributed by atoms with van der Waals surface area (Å²) in [4.78, 5) is 11.7. The predicted octanol–water partition coefficient (Wildman–Crippen LogP) is 0.802. The zero-order valence-corrected chi connectivity index (χ0v) is 13.5. The number of hydrogen-bond donors (Lipinski definition) is 2. The molecule has 0 bridgehead atoms. The van der Waals surface area contributed by atoms with Crippen molar-refractivity contribution >= 4 is 31.6 Å². The van der Waals surface area contributed by atoms with Crippen LogP contribution in [0.15, 0.2) is 44.6 Å². The molecule has 0 aliphatic rings. The van der Waals surface area contributed by atoms with Crippen molar-refractivity contribution in [3.63, 3.8) is 0 Å². The zero-order chi connectivity index (χ0) is 15.6. The van der Waals surface area contributed by atoms with Crippen molar-refractivity contribution in [2.45, 2.75) is 11.4 Å². The van der Waals surface area contributed by atoms with Crippen molar-refractivity contribution in [3.05, 3.63) is 50.9 Å². The van der Waals surface area contributed by atoms with E-state index in [0.717, 1.165) is 5.56 Å². The van der Waals surface area contributed by atoms with Gasteiger partial charge in [0.05, 0.1) is 16.8 Å². The number of halogens is 1. The molecule has 0 saturated carbocycles. The van der Waals surface area contributed by atoms with Crippen molar-refractivity contribution < 1.29 is 8.42 Å². The average molecular weight is 373 g/mol. The van der Waals surface area contributed by atoms with Crippen LogP contribution in [-0.2, 0) is 23.6 Å². The van der Waals surface area contributed by atoms with Gasteiger partial charge in [-0.05, 0) is 33.6 Å². The highest BCUT2D eigenvalue weighted by atomic mass is 79.9. The molecule has 0 saturated heterocycles. The second-order valence-corrected chi connectivity index (χ2v) is 6.70. The largest absolute Gasteiger partial charge is 0.379 e. The fraction of sp³-hybridized carbons (Fsp3) is 0.167. The maximum Gasteiger partial charge on any atom is 0.282 e. The van der Waals surface area contributed by atoms with Gasteiger partial charge in [0.1, 0.15) is 4.47 Å². The quantitative estimate of drug-likeness (QED) is 0.825. The summed E-state index contributed by atoms with van der Waals surface area (Å²) in [6.45, 7) is 0.415. The zero-order valence-electron chi connectivity index (χ0n) is 11.1. The Balaban J connectivity index is 2.14. The van der Waals surface area contributed by atoms with Crippen LogP contribution in [0.25, 0.3) is 0 Å². The summed E-state index contributed by atoms with van der Waals surface area (Å²) in [7, 11) is -2.13. The maximum atomic E-state index is 11.7. The molecule has 0 radical (unpaired) electrons. The van der Waals surface area contributed by atoms with Crippen LogP contribution >= 0.6 is 15.9 Å². The maximum absolute atomic E-state index is 11.7. The van der Waals surface area contributed by atoms with Gasteiger partial charge in [-0.3, -0.25) is 4.79 Å². The molecule has 1 aromatic carbocycles. The molecule has 112 valence electrons. The number of hydrogen-bond acceptors (Lipinski definition) is 5. The first-order valence-corrected chi connectivity index (χ1v) is 8.20. The molecule has 0 unspecified atom stereocenters. The molecular weight excluding hydrogens is 360 g/mol. The van der Waals surface area contributed by atoms with E-state index in [4.69, 9.17) is 5.14 Å². The van der Waals surface area contributed by atoms with Crippen LogP contribution in [-0.4, -0.2) is 18.2 Å². The molecular formula is C12H13BrN4O3S. The van der Waals surface area contributed by atoms with Gasteiger partial charge in [-0.2, -0.15) is 5.10 Å². The van der Waals surface area contributed by atoms with Gasteiger partial charge < -0.3 is 5.32 Å². The molecule has 7 nitrogen and oxygen atoms in total. The van der Waals surface area contributed by atoms with E-state index in [1.54, 1.807) is 19.2 Å². The van der Waals surface area contributed by atoms with E-state index in [1.807, 2.05) is 0 Å². The minimum atomic E-state index is -3.69. The molecule has 0 atom stereocenters. The lowest BCUT2D eigenvalue weighted by Crippen LogP contribution is -2.21. The van der Waals surface area contributed by atoms with Gasteiger partial charge in [0.25, 0.3) is 5.56 Å². The highest BCUT2D eigenvalue weighted by Crippen LogP contribution is 2.17. The SMILES string of the molecule is Cn1ncc(NCc2ccc(S(N)(=O)=O)cc2)c(Br)c1=O. The van der Waals surface area contributed by atoms with Crippen LogP contribution in [0.3, 0.4) is 0 Å². The predicted molar refractivity (Wildman–Crippen MR) is 82.3 cm³/mol. The summed E-state index contributed by atoms with van der Waals surface area (Å²) in [6.07, 6.45) is 1.53. The van der Waals surface area contributed by atoms with Gasteiger partial charge in [-0.15, -0.1) is 0 Å². The average Bonchev–Trinajstić information content (AvgIpc) is 2.43. The summed E-state index contributed by atoms with van der Waals surface area (Å²) in [5.41, 5.74) is 1.16. The second kappa shape index (κ2) is 5.96. The lowest BCUT2D eigenvalue weighted by atomic mass is 10.2. The van der Waals surface area contributed by atoms with Gasteiger partial charge in [0.2, 0.25) is 10.0 Å². The van der Waals surface area contributed by atoms with Crippen molar-refractivity contribution in [1.82, 2.24) is 9.78 Å². The number of primary sulfonamides is 1. The van der Waals surface area contributed by atoms with Gasteiger partial charge in [0, 0.05) is 13.6 Å². The number of nitrogens with two attached hydrogens (primary N) is 1. The molecule has 9 heteroatoms. The third kappa shape index (κ3) is 3.69. The van der Waals surface area contributed by atoms with Gasteiger partial charge in [0.15, 0.2) is 0 Å². The van der Waals surface area contributed by atoms with E-state index in [2.05, 4.69) is 26.3 Å². The van der Waals surface area contributed by atoms with E-state index in [-0.39, 0.29) is 10.5 Å². The Bertz CT molecular complexity index is 815. The summed E-state index contributed by atoms with van der Waals surface area (Å²) in [5, 5.41) is 12.0. The highest BCUT2D eigenvalue weighted by Gasteiger charge is 2.08. The summed E-state index contributed by atoms with van der Waals surface area (Å²) >= 11 is 3.21. The number of anilines is 1. The Morgan fingerprint density at radius 3 is 2.52 bits per heavy atom. The first kappa shape index (κ1) is 15.7. The third-order valence-corrected chi connectivity index (χ3v) is 4.51. The molecule has 0 aliphatic heterocycles. The highest BCUT2D eigenvalue weighted by molar-refractivity contribution is 9.10. The monoisotopic (exact) mass is 372 g/mol. The Kier molecular flexibility index (Phi) is 4.45. The Morgan fingerprint density at radius 1 is 1.33 bits per heavy atom. The molecule has 0 spiro atoms. The number of aromatic nitrogens is 2. The normalized spacial score (nSPS) is 11.4. The van der Waals surface area contributed by atoms with Crippen LogP contribution < -0.4 is 16.0 Å². The second-order valence-electron chi connectivity index (χ2n) is 4.34. The van der Waals surface area contributed by atoms with E-state index >= 15 is 0 Å². The summed E-state index contributed by atoms with van der Waals surface area (Å²) < 4.78 is 23.9. The van der Waals surface area contributed by atoms with Gasteiger partial charge in [-0.1, -0.05) is 12.1 Å². The van der Waals surface area contributed by atoms with Crippen LogP contribution in [0, 0.1) is 0 Å². The molecule has 0 aliphatic carbocycles. The number of nitrogens with one attached hydrogen (secondary N) is 1. The topological polar surface area (TPSA) is 107 Å². The molecule has 3 N–H and O–H groups in total. The molecule has 1 heterocycles. The Labute approximate surface area is 130 Å². The molecule has 1 aromatic heterocycles. The van der Waals surface area contributed by atoms with Gasteiger partial charge in [-0.25, -0.2) is 18.2 Å². The molecule has 2 rings (SSSR count). The lowest BCUT2D eigenvalue weighted by Gasteiger charge is -2.09. The Morgan fingerprint density at radius 2 is 1.95 bits per heavy atom. The molecule has 21 heavy (non-hydrogen) atoms. The summed E-state index contributed by atoms with van der Waals surface area (Å²) in [5.74, 6) is 0. The smallest absolute Gasteiger partial charge is 0.282 e. The number of nitrogens with zero attached hydrogens (tertiary/aromatic N) is 2. The fourth-order valence-corrected chi connectivity index (χ4v) is 2.64. The standard InChI is InChI=1S/C12H13BrN4O3S/c1-17-12(18)11(13)10(7-16-17)15-6-8-2-4-9(5-3-8)21(14,19)20/h2-5,7,15H,6H2,1H3,(H2,14,19,20). The summed E-state index contributed by atoms with van der Waals surface area (Å²) in [6, 6.07) is 6.16. The molecule has 0 fully saturated rings. The van der Waals surface area contributed by atoms with Crippen LogP contribution in [0.4, 0.5) is 5.69 Å². The van der Waals surface area contributed by atoms with E-state index in [9.17, 15) is 13.2 Å². The van der Waals surface area contributed by atoms with Gasteiger partial charge >= 0.3 is 0 Å². The minimum Gasteiger partial charge on any atom is -0.379 e. The van der Waals surface area contributed by atoms with E-state index in [0.29, 0.717) is 16.7 Å². The van der Waals surface area contributed by atoms with Crippen molar-refractivity contribution in [1.29, 1.82) is 0 Å². The molecule has 2 aromatic rings. The van der Waals surface area contributed by atoms with Crippen molar-refractivity contribution in [2.75, 3.05) is 5.32 Å². The van der Waals surface area contributed by atoms with Crippen molar-refractivity contribution in [3.8, 4) is 0 Å². The number of aryl methyl sites for hydroxylation is 1. The number of sulfonamides is 1. The fourth-order valence-electron chi connectivity index (χ4n) is 1.63. The van der Waals surface area contributed by atoms with Crippen LogP contribution in [0.2, 0.25) is 0 Å². The molecule has 0 amide bonds. The Hall–Kier alpha value is -1.71. The number of benzene rings is 1. The number of rotatable bonds is 4. The van der Waals surface area contributed by atoms with Crippen LogP contribution in [0.1, 0.15) is 5.56 Å². The van der Waals surface area contributed by atoms with Crippen LogP contribution in [0.5, 0.6) is 0 Å². The first-order valence-electron chi connectivity index (χ1n) is 5.86.